The Balaban J connectivity index is 1.51. The number of fused-ring (bicyclic) bond motifs is 3. The van der Waals surface area contributed by atoms with Crippen LogP contribution in [-0.2, 0) is 17.8 Å². The molecule has 0 unspecified atom stereocenters. The van der Waals surface area contributed by atoms with E-state index in [0.29, 0.717) is 11.4 Å². The Hall–Kier alpha value is -3.39. The lowest BCUT2D eigenvalue weighted by atomic mass is 10.1. The molecular formula is C25H25N5O2S. The monoisotopic (exact) mass is 459 g/mol. The summed E-state index contributed by atoms with van der Waals surface area (Å²) in [6, 6.07) is 19.0. The zero-order valence-electron chi connectivity index (χ0n) is 18.5. The van der Waals surface area contributed by atoms with Gasteiger partial charge in [0, 0.05) is 25.0 Å². The van der Waals surface area contributed by atoms with Crippen molar-refractivity contribution in [3.8, 4) is 17.1 Å². The van der Waals surface area contributed by atoms with E-state index in [2.05, 4.69) is 9.67 Å². The molecule has 5 rings (SSSR count). The van der Waals surface area contributed by atoms with E-state index < -0.39 is 0 Å². The van der Waals surface area contributed by atoms with Gasteiger partial charge in [0.2, 0.25) is 5.91 Å². The highest BCUT2D eigenvalue weighted by Crippen LogP contribution is 2.30. The molecule has 0 bridgehead atoms. The number of rotatable bonds is 5. The van der Waals surface area contributed by atoms with Gasteiger partial charge in [-0.3, -0.25) is 9.59 Å². The molecular weight excluding hydrogens is 434 g/mol. The molecule has 33 heavy (non-hydrogen) atoms. The number of hydrogen-bond acceptors (Lipinski definition) is 5. The third-order valence-electron chi connectivity index (χ3n) is 6.01. The van der Waals surface area contributed by atoms with Gasteiger partial charge in [0.1, 0.15) is 5.56 Å². The Kier molecular flexibility index (Phi) is 6.00. The number of carbonyl (C=O) groups is 1. The Morgan fingerprint density at radius 3 is 2.52 bits per heavy atom. The van der Waals surface area contributed by atoms with Crippen LogP contribution in [-0.4, -0.2) is 38.0 Å². The molecule has 0 atom stereocenters. The first-order valence-electron chi connectivity index (χ1n) is 11.2. The molecule has 0 fully saturated rings. The average Bonchev–Trinajstić information content (AvgIpc) is 3.02. The number of thioether (sulfide) groups is 1. The molecule has 3 aliphatic rings. The van der Waals surface area contributed by atoms with Gasteiger partial charge in [-0.1, -0.05) is 54.6 Å². The van der Waals surface area contributed by atoms with Crippen molar-refractivity contribution in [3.05, 3.63) is 76.7 Å². The SMILES string of the molecule is CN(C(=O)CSc1nc2nn(-c3ccccc3)c(=O)c-2c2n1CCCCC2)c1ccccc1. The van der Waals surface area contributed by atoms with Gasteiger partial charge in [0.05, 0.1) is 11.4 Å². The van der Waals surface area contributed by atoms with Crippen LogP contribution in [0.15, 0.2) is 70.6 Å². The molecule has 168 valence electrons. The van der Waals surface area contributed by atoms with Gasteiger partial charge in [-0.25, -0.2) is 4.98 Å². The standard InChI is InChI=1S/C25H25N5O2S/c1-28(18-11-5-2-6-12-18)21(31)17-33-25-26-23-22(20-15-9-4-10-16-29(20)25)24(32)30(27-23)19-13-7-3-8-14-19/h2-3,5-8,11-14H,4,9-10,15-17H2,1H3. The highest BCUT2D eigenvalue weighted by Gasteiger charge is 2.27. The average molecular weight is 460 g/mol. The van der Waals surface area contributed by atoms with Gasteiger partial charge in [0.25, 0.3) is 5.56 Å². The van der Waals surface area contributed by atoms with Crippen molar-refractivity contribution in [2.45, 2.75) is 37.4 Å². The quantitative estimate of drug-likeness (QED) is 0.333. The van der Waals surface area contributed by atoms with Crippen LogP contribution >= 0.6 is 11.8 Å². The fraction of sp³-hybridized carbons (Fsp3) is 0.280. The largest absolute Gasteiger partial charge is 0.324 e. The van der Waals surface area contributed by atoms with Gasteiger partial charge < -0.3 is 9.47 Å². The van der Waals surface area contributed by atoms with E-state index in [1.54, 1.807) is 11.9 Å². The molecule has 0 saturated carbocycles. The summed E-state index contributed by atoms with van der Waals surface area (Å²) in [6.07, 6.45) is 3.95. The number of aromatic nitrogens is 4. The van der Waals surface area contributed by atoms with Crippen LogP contribution in [0.3, 0.4) is 0 Å². The minimum absolute atomic E-state index is 0.00426. The van der Waals surface area contributed by atoms with E-state index in [9.17, 15) is 9.59 Å². The lowest BCUT2D eigenvalue weighted by molar-refractivity contribution is -0.115. The second-order valence-corrected chi connectivity index (χ2v) is 9.07. The highest BCUT2D eigenvalue weighted by molar-refractivity contribution is 7.99. The Bertz CT molecular complexity index is 1300. The number of nitrogens with zero attached hydrogens (tertiary/aromatic N) is 5. The zero-order valence-corrected chi connectivity index (χ0v) is 19.3. The lowest BCUT2D eigenvalue weighted by Gasteiger charge is -2.19. The molecule has 0 spiro atoms. The number of para-hydroxylation sites is 2. The van der Waals surface area contributed by atoms with Crippen LogP contribution in [0.2, 0.25) is 0 Å². The van der Waals surface area contributed by atoms with Gasteiger partial charge in [-0.2, -0.15) is 4.68 Å². The van der Waals surface area contributed by atoms with Crippen molar-refractivity contribution in [1.29, 1.82) is 0 Å². The molecule has 1 amide bonds. The first kappa shape index (κ1) is 21.5. The molecule has 0 N–H and O–H groups in total. The van der Waals surface area contributed by atoms with Crippen LogP contribution in [0.4, 0.5) is 5.69 Å². The maximum absolute atomic E-state index is 13.3. The van der Waals surface area contributed by atoms with Crippen LogP contribution in [0.25, 0.3) is 17.1 Å². The van der Waals surface area contributed by atoms with E-state index in [4.69, 9.17) is 4.98 Å². The molecule has 2 aromatic rings. The van der Waals surface area contributed by atoms with Crippen molar-refractivity contribution in [1.82, 2.24) is 19.3 Å². The maximum atomic E-state index is 13.3. The summed E-state index contributed by atoms with van der Waals surface area (Å²) in [5, 5.41) is 5.31. The maximum Gasteiger partial charge on any atom is 0.284 e. The molecule has 0 aromatic heterocycles. The van der Waals surface area contributed by atoms with Crippen molar-refractivity contribution < 1.29 is 4.79 Å². The summed E-state index contributed by atoms with van der Waals surface area (Å²) in [6.45, 7) is 0.791. The van der Waals surface area contributed by atoms with Gasteiger partial charge in [-0.05, 0) is 43.5 Å². The molecule has 7 nitrogen and oxygen atoms in total. The Labute approximate surface area is 196 Å². The number of hydrogen-bond donors (Lipinski definition) is 0. The van der Waals surface area contributed by atoms with Crippen molar-refractivity contribution >= 4 is 23.4 Å². The predicted molar refractivity (Wildman–Crippen MR) is 130 cm³/mol. The van der Waals surface area contributed by atoms with E-state index >= 15 is 0 Å². The molecule has 0 saturated heterocycles. The van der Waals surface area contributed by atoms with Crippen molar-refractivity contribution in [3.63, 3.8) is 0 Å². The second kappa shape index (κ2) is 9.23. The number of amides is 1. The van der Waals surface area contributed by atoms with E-state index in [1.165, 1.54) is 16.4 Å². The lowest BCUT2D eigenvalue weighted by Crippen LogP contribution is -2.28. The third-order valence-corrected chi connectivity index (χ3v) is 6.97. The van der Waals surface area contributed by atoms with Gasteiger partial charge >= 0.3 is 0 Å². The summed E-state index contributed by atoms with van der Waals surface area (Å²) in [7, 11) is 1.79. The predicted octanol–water partition coefficient (Wildman–Crippen LogP) is 4.02. The summed E-state index contributed by atoms with van der Waals surface area (Å²) < 4.78 is 3.57. The number of carbonyl (C=O) groups excluding carboxylic acids is 1. The van der Waals surface area contributed by atoms with E-state index in [0.717, 1.165) is 54.5 Å². The zero-order chi connectivity index (χ0) is 22.8. The molecule has 3 heterocycles. The molecule has 2 aromatic carbocycles. The smallest absolute Gasteiger partial charge is 0.284 e. The van der Waals surface area contributed by atoms with Crippen LogP contribution < -0.4 is 10.5 Å². The van der Waals surface area contributed by atoms with Gasteiger partial charge in [-0.15, -0.1) is 5.10 Å². The molecule has 8 heteroatoms. The number of benzene rings is 2. The first-order chi connectivity index (χ1) is 16.1. The third kappa shape index (κ3) is 4.18. The van der Waals surface area contributed by atoms with E-state index in [1.807, 2.05) is 60.7 Å². The Morgan fingerprint density at radius 2 is 1.76 bits per heavy atom. The van der Waals surface area contributed by atoms with E-state index in [-0.39, 0.29) is 17.2 Å². The minimum Gasteiger partial charge on any atom is -0.324 e. The minimum atomic E-state index is -0.134. The molecule has 3 aliphatic heterocycles. The topological polar surface area (TPSA) is 73.0 Å². The molecule has 0 radical (unpaired) electrons. The normalized spacial score (nSPS) is 13.5. The van der Waals surface area contributed by atoms with Crippen LogP contribution in [0.1, 0.15) is 25.0 Å². The second-order valence-electron chi connectivity index (χ2n) is 8.13. The van der Waals surface area contributed by atoms with Crippen molar-refractivity contribution in [2.24, 2.45) is 0 Å². The van der Waals surface area contributed by atoms with Crippen LogP contribution in [0, 0.1) is 0 Å². The fourth-order valence-corrected chi connectivity index (χ4v) is 5.18. The first-order valence-corrected chi connectivity index (χ1v) is 12.1. The van der Waals surface area contributed by atoms with Gasteiger partial charge in [0.15, 0.2) is 11.0 Å². The molecule has 0 aliphatic carbocycles. The summed E-state index contributed by atoms with van der Waals surface area (Å²) >= 11 is 1.41. The number of anilines is 1. The van der Waals surface area contributed by atoms with Crippen LogP contribution in [0.5, 0.6) is 0 Å². The summed E-state index contributed by atoms with van der Waals surface area (Å²) in [4.78, 5) is 32.6. The van der Waals surface area contributed by atoms with Crippen molar-refractivity contribution in [2.75, 3.05) is 17.7 Å². The fourth-order valence-electron chi connectivity index (χ4n) is 4.23. The highest BCUT2D eigenvalue weighted by atomic mass is 32.2. The Morgan fingerprint density at radius 1 is 1.03 bits per heavy atom. The summed E-state index contributed by atoms with van der Waals surface area (Å²) in [5.74, 6) is 0.700. The summed E-state index contributed by atoms with van der Waals surface area (Å²) in [5.41, 5.74) is 3.02.